The lowest BCUT2D eigenvalue weighted by molar-refractivity contribution is -0.163. The molecule has 4 saturated heterocycles. The van der Waals surface area contributed by atoms with Gasteiger partial charge in [-0.15, -0.1) is 0 Å². The number of rotatable bonds is 8. The van der Waals surface area contributed by atoms with E-state index in [0.29, 0.717) is 13.1 Å². The molecule has 9 rings (SSSR count). The number of hydrogen-bond acceptors (Lipinski definition) is 14. The quantitative estimate of drug-likeness (QED) is 0.238. The maximum absolute atomic E-state index is 12.1. The number of halogens is 4. The SMILES string of the molecule is CC1(C)O[C@H]2[C@H](O)[C@@H](N(Cc3ccc(CN([C@H]4C=C(I)[C@H]5OC(C)(C)O[C@H]5[C@@H]4O)[C@H]4C=C(I)[C@H]5OC(C)(C)O[C@H]5[C@@H]4O)cc3)[C@H]3C=C(I)[C@H]4OC(C)(C)O[C@H]4[C@@H]3O)C=C(I)[C@H]2O1. The monoisotopic (exact) mass is 1310 g/mol. The minimum atomic E-state index is -0.962. The van der Waals surface area contributed by atoms with Crippen molar-refractivity contribution in [3.63, 3.8) is 0 Å². The van der Waals surface area contributed by atoms with E-state index in [2.05, 4.69) is 124 Å². The molecule has 4 aliphatic carbocycles. The lowest BCUT2D eigenvalue weighted by Crippen LogP contribution is -2.61. The molecule has 4 aliphatic heterocycles. The molecule has 4 heterocycles. The van der Waals surface area contributed by atoms with Crippen LogP contribution in [-0.4, -0.2) is 151 Å². The van der Waals surface area contributed by atoms with Crippen LogP contribution in [0.1, 0.15) is 66.5 Å². The van der Waals surface area contributed by atoms with Crippen LogP contribution in [0.2, 0.25) is 0 Å². The molecule has 0 aromatic heterocycles. The van der Waals surface area contributed by atoms with Crippen LogP contribution in [0, 0.1) is 0 Å². The fourth-order valence-electron chi connectivity index (χ4n) is 10.4. The van der Waals surface area contributed by atoms with Crippen molar-refractivity contribution >= 4 is 90.4 Å². The van der Waals surface area contributed by atoms with Gasteiger partial charge in [-0.1, -0.05) is 48.6 Å². The molecule has 4 fully saturated rings. The Hall–Kier alpha value is 0.540. The number of fused-ring (bicyclic) bond motifs is 4. The molecule has 16 atom stereocenters. The average Bonchev–Trinajstić information content (AvgIpc) is 3.92. The smallest absolute Gasteiger partial charge is 0.164 e. The fraction of sp³-hybridized carbons (Fsp3) is 0.682. The molecule has 4 N–H and O–H groups in total. The molecule has 8 aliphatic rings. The minimum Gasteiger partial charge on any atom is -0.388 e. The second kappa shape index (κ2) is 17.2. The first kappa shape index (κ1) is 47.6. The highest BCUT2D eigenvalue weighted by Gasteiger charge is 2.58. The molecule has 14 nitrogen and oxygen atoms in total. The Morgan fingerprint density at radius 2 is 0.613 bits per heavy atom. The van der Waals surface area contributed by atoms with Gasteiger partial charge in [0.1, 0.15) is 73.2 Å². The van der Waals surface area contributed by atoms with Gasteiger partial charge in [0.25, 0.3) is 0 Å². The maximum atomic E-state index is 12.1. The molecular weight excluding hydrogens is 1260 g/mol. The van der Waals surface area contributed by atoms with E-state index < -0.39 is 121 Å². The van der Waals surface area contributed by atoms with E-state index in [1.54, 1.807) is 0 Å². The minimum absolute atomic E-state index is 0.370. The van der Waals surface area contributed by atoms with Gasteiger partial charge in [-0.05, 0) is 157 Å². The highest BCUT2D eigenvalue weighted by atomic mass is 127. The van der Waals surface area contributed by atoms with Crippen LogP contribution in [0.3, 0.4) is 0 Å². The summed E-state index contributed by atoms with van der Waals surface area (Å²) in [6, 6.07) is 6.06. The zero-order chi connectivity index (χ0) is 44.6. The van der Waals surface area contributed by atoms with Crippen molar-refractivity contribution in [2.75, 3.05) is 0 Å². The van der Waals surface area contributed by atoms with E-state index in [1.807, 2.05) is 79.7 Å². The topological polar surface area (TPSA) is 161 Å². The Balaban J connectivity index is 1.03. The van der Waals surface area contributed by atoms with Crippen LogP contribution in [-0.2, 0) is 51.0 Å². The Morgan fingerprint density at radius 3 is 0.823 bits per heavy atom. The second-order valence-corrected chi connectivity index (χ2v) is 24.4. The molecular formula is C44H56I4N2O12. The first-order valence-corrected chi connectivity index (χ1v) is 25.5. The second-order valence-electron chi connectivity index (χ2n) is 19.4. The van der Waals surface area contributed by atoms with Crippen LogP contribution in [0.5, 0.6) is 0 Å². The van der Waals surface area contributed by atoms with Crippen molar-refractivity contribution in [1.29, 1.82) is 0 Å². The number of hydrogen-bond donors (Lipinski definition) is 4. The summed E-state index contributed by atoms with van der Waals surface area (Å²) in [7, 11) is 0. The predicted molar refractivity (Wildman–Crippen MR) is 260 cm³/mol. The summed E-state index contributed by atoms with van der Waals surface area (Å²) in [5.74, 6) is -3.47. The number of ether oxygens (including phenoxy) is 8. The zero-order valence-corrected chi connectivity index (χ0v) is 44.4. The van der Waals surface area contributed by atoms with Crippen LogP contribution >= 0.6 is 90.4 Å². The van der Waals surface area contributed by atoms with Crippen molar-refractivity contribution in [3.05, 3.63) is 74.0 Å². The van der Waals surface area contributed by atoms with Gasteiger partial charge < -0.3 is 58.3 Å². The summed E-state index contributed by atoms with van der Waals surface area (Å²) < 4.78 is 53.8. The van der Waals surface area contributed by atoms with Gasteiger partial charge in [0, 0.05) is 27.4 Å². The number of aliphatic hydroxyl groups excluding tert-OH is 4. The van der Waals surface area contributed by atoms with Crippen LogP contribution in [0.15, 0.2) is 62.9 Å². The molecule has 0 bridgehead atoms. The van der Waals surface area contributed by atoms with Gasteiger partial charge in [-0.25, -0.2) is 0 Å². The lowest BCUT2D eigenvalue weighted by Gasteiger charge is -2.46. The summed E-state index contributed by atoms with van der Waals surface area (Å²) in [5.41, 5.74) is 1.90. The van der Waals surface area contributed by atoms with E-state index in [-0.39, 0.29) is 0 Å². The number of nitrogens with zero attached hydrogens (tertiary/aromatic N) is 2. The van der Waals surface area contributed by atoms with Crippen LogP contribution in [0.25, 0.3) is 0 Å². The number of benzene rings is 1. The zero-order valence-electron chi connectivity index (χ0n) is 35.7. The molecule has 18 heteroatoms. The molecule has 1 aromatic carbocycles. The summed E-state index contributed by atoms with van der Waals surface area (Å²) in [6.45, 7) is 15.6. The van der Waals surface area contributed by atoms with Crippen molar-refractivity contribution in [1.82, 2.24) is 9.80 Å². The van der Waals surface area contributed by atoms with Crippen molar-refractivity contribution in [2.45, 2.75) is 189 Å². The Labute approximate surface area is 417 Å². The molecule has 0 saturated carbocycles. The molecule has 62 heavy (non-hydrogen) atoms. The van der Waals surface area contributed by atoms with Crippen molar-refractivity contribution in [3.8, 4) is 0 Å². The maximum Gasteiger partial charge on any atom is 0.164 e. The third-order valence-electron chi connectivity index (χ3n) is 13.0. The number of aliphatic hydroxyl groups is 4. The molecule has 0 spiro atoms. The van der Waals surface area contributed by atoms with Crippen LogP contribution < -0.4 is 0 Å². The third-order valence-corrected chi connectivity index (χ3v) is 16.8. The van der Waals surface area contributed by atoms with Gasteiger partial charge in [-0.2, -0.15) is 0 Å². The van der Waals surface area contributed by atoms with E-state index in [0.717, 1.165) is 25.4 Å². The molecule has 0 amide bonds. The molecule has 342 valence electrons. The Bertz CT molecular complexity index is 1770. The highest BCUT2D eigenvalue weighted by molar-refractivity contribution is 14.1. The summed E-state index contributed by atoms with van der Waals surface area (Å²) in [6.07, 6.45) is 0.257. The molecule has 0 radical (unpaired) electrons. The Morgan fingerprint density at radius 1 is 0.403 bits per heavy atom. The summed E-state index contributed by atoms with van der Waals surface area (Å²) in [4.78, 5) is 4.26. The molecule has 0 unspecified atom stereocenters. The van der Waals surface area contributed by atoms with Crippen molar-refractivity contribution < 1.29 is 58.3 Å². The predicted octanol–water partition coefficient (Wildman–Crippen LogP) is 5.62. The van der Waals surface area contributed by atoms with Gasteiger partial charge in [0.15, 0.2) is 23.1 Å². The fourth-order valence-corrected chi connectivity index (χ4v) is 13.8. The van der Waals surface area contributed by atoms with E-state index in [1.165, 1.54) is 0 Å². The third kappa shape index (κ3) is 8.99. The highest BCUT2D eigenvalue weighted by Crippen LogP contribution is 2.47. The standard InChI is InChI=1S/C44H56I4N2O12/c1-41(2)55-33-21(45)13-25(29(51)37(33)59-41)49(26-14-22(46)34-38(30(26)52)60-42(3,4)56-34)17-19-9-11-20(12-10-19)18-50(27-15-23(47)35-39(31(27)53)61-43(5,6)57-35)28-16-24(48)36-40(32(28)54)62-44(7,8)58-36/h9-16,25-40,51-54H,17-18H2,1-8H3/t25-,26-,27-,28-,29+,30+,31+,32+,33+,34+,35+,36+,37-,38-,39-,40-/m0/s1. The molecule has 1 aromatic rings. The van der Waals surface area contributed by atoms with Gasteiger partial charge in [0.2, 0.25) is 0 Å². The van der Waals surface area contributed by atoms with Gasteiger partial charge in [0.05, 0.1) is 24.2 Å². The van der Waals surface area contributed by atoms with Gasteiger partial charge >= 0.3 is 0 Å². The van der Waals surface area contributed by atoms with Crippen molar-refractivity contribution in [2.24, 2.45) is 0 Å². The normalized spacial score (nSPS) is 43.6. The first-order chi connectivity index (χ1) is 28.9. The average molecular weight is 1310 g/mol. The van der Waals surface area contributed by atoms with Crippen LogP contribution in [0.4, 0.5) is 0 Å². The summed E-state index contributed by atoms with van der Waals surface area (Å²) >= 11 is 9.13. The van der Waals surface area contributed by atoms with E-state index in [9.17, 15) is 20.4 Å². The largest absolute Gasteiger partial charge is 0.388 e. The first-order valence-electron chi connectivity index (χ1n) is 21.1. The van der Waals surface area contributed by atoms with E-state index in [4.69, 9.17) is 37.9 Å². The summed E-state index contributed by atoms with van der Waals surface area (Å²) in [5, 5.41) is 48.4. The van der Waals surface area contributed by atoms with E-state index >= 15 is 0 Å². The lowest BCUT2D eigenvalue weighted by atomic mass is 9.87. The van der Waals surface area contributed by atoms with Gasteiger partial charge in [-0.3, -0.25) is 9.80 Å². The Kier molecular flexibility index (Phi) is 13.2.